The summed E-state index contributed by atoms with van der Waals surface area (Å²) in [6, 6.07) is 0.595. The van der Waals surface area contributed by atoms with Crippen molar-refractivity contribution in [2.24, 2.45) is 10.4 Å². The summed E-state index contributed by atoms with van der Waals surface area (Å²) in [5.74, 6) is 1.06. The Balaban J connectivity index is 0.00000312. The molecule has 2 fully saturated rings. The van der Waals surface area contributed by atoms with Gasteiger partial charge >= 0.3 is 0 Å². The Morgan fingerprint density at radius 2 is 1.92 bits per heavy atom. The summed E-state index contributed by atoms with van der Waals surface area (Å²) in [7, 11) is 5.51. The van der Waals surface area contributed by atoms with Crippen LogP contribution in [0.3, 0.4) is 0 Å². The van der Waals surface area contributed by atoms with Gasteiger partial charge in [0.25, 0.3) is 0 Å². The zero-order chi connectivity index (χ0) is 17.6. The van der Waals surface area contributed by atoms with E-state index in [0.717, 1.165) is 44.7 Å². The maximum Gasteiger partial charge on any atom is 0.230 e. The molecule has 2 N–H and O–H groups in total. The Bertz CT molecular complexity index is 449. The molecule has 2 aliphatic rings. The molecule has 0 aromatic carbocycles. The average Bonchev–Trinajstić information content (AvgIpc) is 3.23. The van der Waals surface area contributed by atoms with Crippen LogP contribution >= 0.6 is 24.0 Å². The van der Waals surface area contributed by atoms with Crippen molar-refractivity contribution >= 4 is 35.8 Å². The molecule has 1 unspecified atom stereocenters. The monoisotopic (exact) mass is 465 g/mol. The highest BCUT2D eigenvalue weighted by molar-refractivity contribution is 14.0. The lowest BCUT2D eigenvalue weighted by Crippen LogP contribution is -2.50. The number of nitrogens with zero attached hydrogens (tertiary/aromatic N) is 3. The smallest absolute Gasteiger partial charge is 0.230 e. The van der Waals surface area contributed by atoms with Crippen LogP contribution in [0.4, 0.5) is 0 Å². The van der Waals surface area contributed by atoms with Crippen molar-refractivity contribution in [3.8, 4) is 0 Å². The van der Waals surface area contributed by atoms with E-state index in [0.29, 0.717) is 12.6 Å². The van der Waals surface area contributed by atoms with Crippen molar-refractivity contribution in [3.05, 3.63) is 0 Å². The van der Waals surface area contributed by atoms with Crippen molar-refractivity contribution in [3.63, 3.8) is 0 Å². The van der Waals surface area contributed by atoms with Gasteiger partial charge in [0.15, 0.2) is 5.96 Å². The highest BCUT2D eigenvalue weighted by Gasteiger charge is 2.42. The molecule has 1 aliphatic carbocycles. The molecule has 0 aromatic heterocycles. The van der Waals surface area contributed by atoms with Crippen LogP contribution < -0.4 is 10.6 Å². The van der Waals surface area contributed by atoms with Gasteiger partial charge in [-0.15, -0.1) is 24.0 Å². The predicted molar refractivity (Wildman–Crippen MR) is 115 cm³/mol. The van der Waals surface area contributed by atoms with Crippen molar-refractivity contribution < 1.29 is 4.79 Å². The molecule has 1 heterocycles. The molecule has 1 saturated carbocycles. The van der Waals surface area contributed by atoms with Crippen molar-refractivity contribution in [1.29, 1.82) is 0 Å². The lowest BCUT2D eigenvalue weighted by molar-refractivity contribution is -0.138. The number of hydrogen-bond acceptors (Lipinski definition) is 3. The Morgan fingerprint density at radius 1 is 1.24 bits per heavy atom. The molecule has 146 valence electrons. The van der Waals surface area contributed by atoms with Crippen LogP contribution in [-0.4, -0.2) is 75.0 Å². The van der Waals surface area contributed by atoms with Gasteiger partial charge in [0.2, 0.25) is 5.91 Å². The van der Waals surface area contributed by atoms with Gasteiger partial charge in [0.1, 0.15) is 0 Å². The predicted octanol–water partition coefficient (Wildman–Crippen LogP) is 1.90. The standard InChI is InChI=1S/C18H35N5O.HI/c1-5-23-12-8-9-15(23)13-20-17(19-2)21-14-18(10-6-7-11-18)16(24)22(3)4;/h15H,5-14H2,1-4H3,(H2,19,20,21);1H. The summed E-state index contributed by atoms with van der Waals surface area (Å²) in [4.78, 5) is 21.2. The number of halogens is 1. The van der Waals surface area contributed by atoms with Crippen molar-refractivity contribution in [1.82, 2.24) is 20.4 Å². The fourth-order valence-corrected chi connectivity index (χ4v) is 4.22. The second-order valence-corrected chi connectivity index (χ2v) is 7.42. The molecule has 0 spiro atoms. The SMILES string of the molecule is CCN1CCCC1CNC(=NC)NCC1(C(=O)N(C)C)CCCC1.I. The van der Waals surface area contributed by atoms with Gasteiger partial charge in [-0.2, -0.15) is 0 Å². The van der Waals surface area contributed by atoms with Crippen LogP contribution in [0.15, 0.2) is 4.99 Å². The Morgan fingerprint density at radius 3 is 2.48 bits per heavy atom. The minimum absolute atomic E-state index is 0. The largest absolute Gasteiger partial charge is 0.355 e. The van der Waals surface area contributed by atoms with E-state index in [-0.39, 0.29) is 35.3 Å². The molecule has 1 amide bonds. The summed E-state index contributed by atoms with van der Waals surface area (Å²) in [5, 5.41) is 6.87. The zero-order valence-electron chi connectivity index (χ0n) is 16.3. The third-order valence-corrected chi connectivity index (χ3v) is 5.65. The number of carbonyl (C=O) groups excluding carboxylic acids is 1. The number of guanidine groups is 1. The van der Waals surface area contributed by atoms with Gasteiger partial charge in [-0.25, -0.2) is 0 Å². The Kier molecular flexibility index (Phi) is 9.48. The van der Waals surface area contributed by atoms with E-state index in [1.807, 2.05) is 14.1 Å². The van der Waals surface area contributed by atoms with E-state index in [9.17, 15) is 4.79 Å². The molecular weight excluding hydrogens is 429 g/mol. The molecular formula is C18H36IN5O. The molecule has 25 heavy (non-hydrogen) atoms. The van der Waals surface area contributed by atoms with Crippen molar-refractivity contribution in [2.45, 2.75) is 51.5 Å². The fraction of sp³-hybridized carbons (Fsp3) is 0.889. The normalized spacial score (nSPS) is 23.2. The van der Waals surface area contributed by atoms with E-state index >= 15 is 0 Å². The number of rotatable bonds is 6. The van der Waals surface area contributed by atoms with Gasteiger partial charge < -0.3 is 15.5 Å². The summed E-state index contributed by atoms with van der Waals surface area (Å²) >= 11 is 0. The van der Waals surface area contributed by atoms with Crippen LogP contribution in [0.25, 0.3) is 0 Å². The maximum absolute atomic E-state index is 12.6. The molecule has 6 nitrogen and oxygen atoms in total. The van der Waals surface area contributed by atoms with Gasteiger partial charge in [0.05, 0.1) is 5.41 Å². The number of carbonyl (C=O) groups is 1. The van der Waals surface area contributed by atoms with Crippen LogP contribution in [0.1, 0.15) is 45.4 Å². The number of nitrogens with one attached hydrogen (secondary N) is 2. The molecule has 0 aromatic rings. The Labute approximate surface area is 170 Å². The molecule has 1 saturated heterocycles. The first-order valence-electron chi connectivity index (χ1n) is 9.43. The lowest BCUT2D eigenvalue weighted by atomic mass is 9.84. The van der Waals surface area contributed by atoms with Gasteiger partial charge in [0, 0.05) is 40.3 Å². The zero-order valence-corrected chi connectivity index (χ0v) is 18.6. The number of hydrogen-bond donors (Lipinski definition) is 2. The third kappa shape index (κ3) is 5.70. The Hall–Kier alpha value is -0.570. The summed E-state index contributed by atoms with van der Waals surface area (Å²) in [6.45, 7) is 6.13. The lowest BCUT2D eigenvalue weighted by Gasteiger charge is -2.31. The van der Waals surface area contributed by atoms with Crippen LogP contribution in [0.5, 0.6) is 0 Å². The van der Waals surface area contributed by atoms with Crippen LogP contribution in [0.2, 0.25) is 0 Å². The molecule has 7 heteroatoms. The van der Waals surface area contributed by atoms with Gasteiger partial charge in [-0.05, 0) is 38.8 Å². The second kappa shape index (κ2) is 10.5. The highest BCUT2D eigenvalue weighted by Crippen LogP contribution is 2.38. The van der Waals surface area contributed by atoms with E-state index in [2.05, 4.69) is 27.4 Å². The van der Waals surface area contributed by atoms with Crippen molar-refractivity contribution in [2.75, 3.05) is 47.3 Å². The van der Waals surface area contributed by atoms with Crippen LogP contribution in [-0.2, 0) is 4.79 Å². The molecule has 0 radical (unpaired) electrons. The molecule has 0 bridgehead atoms. The number of amides is 1. The van der Waals surface area contributed by atoms with E-state index in [1.54, 1.807) is 11.9 Å². The fourth-order valence-electron chi connectivity index (χ4n) is 4.22. The number of likely N-dealkylation sites (tertiary alicyclic amines) is 1. The second-order valence-electron chi connectivity index (χ2n) is 7.42. The van der Waals surface area contributed by atoms with E-state index in [1.165, 1.54) is 19.4 Å². The molecule has 1 atom stereocenters. The summed E-state index contributed by atoms with van der Waals surface area (Å²) in [5.41, 5.74) is -0.260. The van der Waals surface area contributed by atoms with Crippen LogP contribution in [0, 0.1) is 5.41 Å². The molecule has 2 rings (SSSR count). The number of aliphatic imine (C=N–C) groups is 1. The maximum atomic E-state index is 12.6. The third-order valence-electron chi connectivity index (χ3n) is 5.65. The first-order chi connectivity index (χ1) is 11.5. The van der Waals surface area contributed by atoms with Gasteiger partial charge in [-0.1, -0.05) is 19.8 Å². The minimum Gasteiger partial charge on any atom is -0.355 e. The first kappa shape index (κ1) is 22.5. The first-order valence-corrected chi connectivity index (χ1v) is 9.43. The van der Waals surface area contributed by atoms with Gasteiger partial charge in [-0.3, -0.25) is 14.7 Å². The quantitative estimate of drug-likeness (QED) is 0.358. The highest BCUT2D eigenvalue weighted by atomic mass is 127. The minimum atomic E-state index is -0.260. The molecule has 1 aliphatic heterocycles. The van der Waals surface area contributed by atoms with E-state index in [4.69, 9.17) is 0 Å². The topological polar surface area (TPSA) is 60.0 Å². The van der Waals surface area contributed by atoms with E-state index < -0.39 is 0 Å². The summed E-state index contributed by atoms with van der Waals surface area (Å²) in [6.07, 6.45) is 6.76. The number of likely N-dealkylation sites (N-methyl/N-ethyl adjacent to an activating group) is 1. The summed E-state index contributed by atoms with van der Waals surface area (Å²) < 4.78 is 0. The average molecular weight is 465 g/mol.